The van der Waals surface area contributed by atoms with E-state index in [1.807, 2.05) is 13.0 Å². The van der Waals surface area contributed by atoms with Crippen LogP contribution in [0.25, 0.3) is 0 Å². The van der Waals surface area contributed by atoms with Gasteiger partial charge in [0, 0.05) is 19.1 Å². The summed E-state index contributed by atoms with van der Waals surface area (Å²) in [5, 5.41) is 14.6. The molecule has 5 nitrogen and oxygen atoms in total. The van der Waals surface area contributed by atoms with Gasteiger partial charge in [0.15, 0.2) is 0 Å². The number of nitrogens with one attached hydrogen (secondary N) is 2. The average Bonchev–Trinajstić information content (AvgIpc) is 2.46. The zero-order chi connectivity index (χ0) is 11.8. The van der Waals surface area contributed by atoms with E-state index in [9.17, 15) is 4.79 Å². The fourth-order valence-electron chi connectivity index (χ4n) is 1.77. The van der Waals surface area contributed by atoms with Gasteiger partial charge < -0.3 is 10.6 Å². The molecule has 1 saturated heterocycles. The minimum Gasteiger partial charge on any atom is -0.352 e. The van der Waals surface area contributed by atoms with Crippen LogP contribution in [0, 0.1) is 11.3 Å². The van der Waals surface area contributed by atoms with Gasteiger partial charge in [-0.1, -0.05) is 0 Å². The normalized spacial score (nSPS) is 19.5. The maximum Gasteiger partial charge on any atom is 0.234 e. The Bertz CT molecular complexity index is 253. The fourth-order valence-corrected chi connectivity index (χ4v) is 1.77. The molecule has 0 aliphatic carbocycles. The molecule has 0 aromatic heterocycles. The first-order chi connectivity index (χ1) is 7.72. The van der Waals surface area contributed by atoms with Crippen molar-refractivity contribution in [1.29, 1.82) is 5.26 Å². The predicted molar refractivity (Wildman–Crippen MR) is 61.8 cm³/mol. The summed E-state index contributed by atoms with van der Waals surface area (Å²) in [5.41, 5.74) is 0. The summed E-state index contributed by atoms with van der Waals surface area (Å²) in [7, 11) is 0. The van der Waals surface area contributed by atoms with E-state index in [4.69, 9.17) is 5.26 Å². The summed E-state index contributed by atoms with van der Waals surface area (Å²) < 4.78 is 0. The molecule has 2 N–H and O–H groups in total. The van der Waals surface area contributed by atoms with Crippen molar-refractivity contribution < 1.29 is 4.79 Å². The standard InChI is InChI=1S/C11H20N4O/c1-10(3-4-12)14-11(16)9-15-7-2-5-13-6-8-15/h10,13H,2-3,5-9H2,1H3,(H,14,16). The highest BCUT2D eigenvalue weighted by molar-refractivity contribution is 5.78. The lowest BCUT2D eigenvalue weighted by Gasteiger charge is -2.19. The second-order valence-electron chi connectivity index (χ2n) is 4.21. The van der Waals surface area contributed by atoms with Crippen molar-refractivity contribution in [3.05, 3.63) is 0 Å². The summed E-state index contributed by atoms with van der Waals surface area (Å²) in [6.07, 6.45) is 1.45. The Kier molecular flexibility index (Phi) is 5.83. The van der Waals surface area contributed by atoms with E-state index in [-0.39, 0.29) is 11.9 Å². The van der Waals surface area contributed by atoms with Crippen molar-refractivity contribution in [3.8, 4) is 6.07 Å². The molecule has 90 valence electrons. The molecule has 0 aromatic rings. The number of nitriles is 1. The summed E-state index contributed by atoms with van der Waals surface area (Å²) in [6.45, 7) is 6.15. The molecule has 1 atom stereocenters. The van der Waals surface area contributed by atoms with Crippen molar-refractivity contribution in [2.75, 3.05) is 32.7 Å². The van der Waals surface area contributed by atoms with Crippen molar-refractivity contribution in [1.82, 2.24) is 15.5 Å². The lowest BCUT2D eigenvalue weighted by Crippen LogP contribution is -2.42. The van der Waals surface area contributed by atoms with Crippen LogP contribution in [0.15, 0.2) is 0 Å². The van der Waals surface area contributed by atoms with Crippen molar-refractivity contribution in [2.24, 2.45) is 0 Å². The zero-order valence-corrected chi connectivity index (χ0v) is 9.83. The second kappa shape index (κ2) is 7.20. The highest BCUT2D eigenvalue weighted by atomic mass is 16.2. The molecule has 0 aromatic carbocycles. The van der Waals surface area contributed by atoms with Crippen LogP contribution in [0.5, 0.6) is 0 Å². The Balaban J connectivity index is 2.24. The molecule has 1 aliphatic rings. The maximum atomic E-state index is 11.6. The van der Waals surface area contributed by atoms with Crippen LogP contribution in [0.1, 0.15) is 19.8 Å². The van der Waals surface area contributed by atoms with Crippen LogP contribution in [0.3, 0.4) is 0 Å². The van der Waals surface area contributed by atoms with Crippen LogP contribution in [-0.4, -0.2) is 49.6 Å². The third-order valence-corrected chi connectivity index (χ3v) is 2.60. The minimum atomic E-state index is -0.0531. The number of carbonyl (C=O) groups excluding carboxylic acids is 1. The number of hydrogen-bond acceptors (Lipinski definition) is 4. The van der Waals surface area contributed by atoms with Gasteiger partial charge in [-0.2, -0.15) is 5.26 Å². The largest absolute Gasteiger partial charge is 0.352 e. The lowest BCUT2D eigenvalue weighted by molar-refractivity contribution is -0.122. The van der Waals surface area contributed by atoms with Gasteiger partial charge in [0.25, 0.3) is 0 Å². The quantitative estimate of drug-likeness (QED) is 0.688. The molecule has 1 aliphatic heterocycles. The molecule has 1 amide bonds. The molecule has 1 heterocycles. The first-order valence-corrected chi connectivity index (χ1v) is 5.81. The van der Waals surface area contributed by atoms with Gasteiger partial charge in [-0.05, 0) is 26.4 Å². The number of rotatable bonds is 4. The molecule has 0 bridgehead atoms. The van der Waals surface area contributed by atoms with Gasteiger partial charge in [0.05, 0.1) is 19.0 Å². The Morgan fingerprint density at radius 1 is 1.56 bits per heavy atom. The number of nitrogens with zero attached hydrogens (tertiary/aromatic N) is 2. The van der Waals surface area contributed by atoms with E-state index in [1.54, 1.807) is 0 Å². The van der Waals surface area contributed by atoms with Crippen molar-refractivity contribution in [3.63, 3.8) is 0 Å². The monoisotopic (exact) mass is 224 g/mol. The van der Waals surface area contributed by atoms with Crippen molar-refractivity contribution >= 4 is 5.91 Å². The number of carbonyl (C=O) groups is 1. The molecule has 0 radical (unpaired) electrons. The Morgan fingerprint density at radius 3 is 3.12 bits per heavy atom. The third kappa shape index (κ3) is 5.10. The van der Waals surface area contributed by atoms with Gasteiger partial charge in [0.1, 0.15) is 0 Å². The molecule has 16 heavy (non-hydrogen) atoms. The highest BCUT2D eigenvalue weighted by Gasteiger charge is 2.13. The predicted octanol–water partition coefficient (Wildman–Crippen LogP) is -0.300. The fraction of sp³-hybridized carbons (Fsp3) is 0.818. The van der Waals surface area contributed by atoms with Crippen LogP contribution < -0.4 is 10.6 Å². The molecular weight excluding hydrogens is 204 g/mol. The average molecular weight is 224 g/mol. The third-order valence-electron chi connectivity index (χ3n) is 2.60. The Labute approximate surface area is 96.8 Å². The van der Waals surface area contributed by atoms with E-state index in [1.165, 1.54) is 0 Å². The van der Waals surface area contributed by atoms with Gasteiger partial charge in [-0.3, -0.25) is 9.69 Å². The summed E-state index contributed by atoms with van der Waals surface area (Å²) in [5.74, 6) is 0.0182. The Hall–Kier alpha value is -1.12. The molecule has 5 heteroatoms. The van der Waals surface area contributed by atoms with Crippen molar-refractivity contribution in [2.45, 2.75) is 25.8 Å². The van der Waals surface area contributed by atoms with E-state index in [0.29, 0.717) is 13.0 Å². The summed E-state index contributed by atoms with van der Waals surface area (Å²) >= 11 is 0. The van der Waals surface area contributed by atoms with Crippen LogP contribution >= 0.6 is 0 Å². The van der Waals surface area contributed by atoms with Gasteiger partial charge in [0.2, 0.25) is 5.91 Å². The zero-order valence-electron chi connectivity index (χ0n) is 9.83. The van der Waals surface area contributed by atoms with Gasteiger partial charge in [-0.25, -0.2) is 0 Å². The van der Waals surface area contributed by atoms with Gasteiger partial charge >= 0.3 is 0 Å². The van der Waals surface area contributed by atoms with E-state index >= 15 is 0 Å². The molecule has 0 spiro atoms. The second-order valence-corrected chi connectivity index (χ2v) is 4.21. The van der Waals surface area contributed by atoms with Crippen LogP contribution in [0.2, 0.25) is 0 Å². The molecule has 1 rings (SSSR count). The summed E-state index contributed by atoms with van der Waals surface area (Å²) in [6, 6.07) is 1.99. The molecule has 0 saturated carbocycles. The van der Waals surface area contributed by atoms with E-state index in [0.717, 1.165) is 32.6 Å². The lowest BCUT2D eigenvalue weighted by atomic mass is 10.2. The topological polar surface area (TPSA) is 68.2 Å². The number of amides is 1. The van der Waals surface area contributed by atoms with E-state index in [2.05, 4.69) is 15.5 Å². The minimum absolute atomic E-state index is 0.0182. The first-order valence-electron chi connectivity index (χ1n) is 5.81. The SMILES string of the molecule is CC(CC#N)NC(=O)CN1CCCNCC1. The first kappa shape index (κ1) is 12.9. The smallest absolute Gasteiger partial charge is 0.234 e. The Morgan fingerprint density at radius 2 is 2.38 bits per heavy atom. The van der Waals surface area contributed by atoms with Gasteiger partial charge in [-0.15, -0.1) is 0 Å². The van der Waals surface area contributed by atoms with Crippen LogP contribution in [-0.2, 0) is 4.79 Å². The molecular formula is C11H20N4O. The summed E-state index contributed by atoms with van der Waals surface area (Å²) in [4.78, 5) is 13.8. The van der Waals surface area contributed by atoms with Crippen LogP contribution in [0.4, 0.5) is 0 Å². The number of hydrogen-bond donors (Lipinski definition) is 2. The molecule has 1 unspecified atom stereocenters. The highest BCUT2D eigenvalue weighted by Crippen LogP contribution is 1.95. The van der Waals surface area contributed by atoms with E-state index < -0.39 is 0 Å². The molecule has 1 fully saturated rings. The maximum absolute atomic E-state index is 11.6.